The third kappa shape index (κ3) is 2.08. The molecule has 4 heteroatoms. The third-order valence-corrected chi connectivity index (χ3v) is 4.75. The average molecular weight is 238 g/mol. The number of hydrogen-bond acceptors (Lipinski definition) is 3. The van der Waals surface area contributed by atoms with Gasteiger partial charge in [0.2, 0.25) is 5.91 Å². The van der Waals surface area contributed by atoms with Crippen molar-refractivity contribution in [1.29, 1.82) is 0 Å². The molecule has 0 aromatic carbocycles. The second-order valence-corrected chi connectivity index (χ2v) is 5.96. The zero-order valence-corrected chi connectivity index (χ0v) is 10.3. The third-order valence-electron chi connectivity index (χ3n) is 4.75. The monoisotopic (exact) mass is 238 g/mol. The van der Waals surface area contributed by atoms with Crippen LogP contribution < -0.4 is 5.32 Å². The molecular formula is C13H22N2O2. The van der Waals surface area contributed by atoms with E-state index in [-0.39, 0.29) is 11.8 Å². The van der Waals surface area contributed by atoms with Crippen molar-refractivity contribution in [3.63, 3.8) is 0 Å². The van der Waals surface area contributed by atoms with Crippen molar-refractivity contribution in [2.75, 3.05) is 19.6 Å². The molecule has 96 valence electrons. The molecule has 3 aliphatic rings. The van der Waals surface area contributed by atoms with Crippen LogP contribution in [-0.2, 0) is 4.79 Å². The van der Waals surface area contributed by atoms with Gasteiger partial charge in [0.1, 0.15) is 0 Å². The summed E-state index contributed by atoms with van der Waals surface area (Å²) in [7, 11) is 0. The first-order valence-corrected chi connectivity index (χ1v) is 6.92. The summed E-state index contributed by atoms with van der Waals surface area (Å²) >= 11 is 0. The lowest BCUT2D eigenvalue weighted by atomic mass is 9.89. The van der Waals surface area contributed by atoms with Crippen molar-refractivity contribution in [3.05, 3.63) is 0 Å². The van der Waals surface area contributed by atoms with Crippen molar-refractivity contribution in [2.24, 2.45) is 5.92 Å². The maximum Gasteiger partial charge on any atom is 0.224 e. The van der Waals surface area contributed by atoms with E-state index in [9.17, 15) is 9.90 Å². The van der Waals surface area contributed by atoms with E-state index in [0.29, 0.717) is 6.04 Å². The van der Waals surface area contributed by atoms with Gasteiger partial charge in [-0.2, -0.15) is 0 Å². The van der Waals surface area contributed by atoms with Crippen LogP contribution in [-0.4, -0.2) is 47.2 Å². The molecule has 4 nitrogen and oxygen atoms in total. The summed E-state index contributed by atoms with van der Waals surface area (Å²) in [5, 5.41) is 13.4. The number of nitrogens with zero attached hydrogens (tertiary/aromatic N) is 1. The van der Waals surface area contributed by atoms with Crippen LogP contribution in [0.15, 0.2) is 0 Å². The van der Waals surface area contributed by atoms with Gasteiger partial charge in [-0.25, -0.2) is 0 Å². The van der Waals surface area contributed by atoms with Crippen LogP contribution in [0.25, 0.3) is 0 Å². The Labute approximate surface area is 102 Å². The summed E-state index contributed by atoms with van der Waals surface area (Å²) in [5.41, 5.74) is -0.479. The molecule has 2 N–H and O–H groups in total. The molecule has 0 aromatic heterocycles. The predicted molar refractivity (Wildman–Crippen MR) is 64.5 cm³/mol. The number of carbonyl (C=O) groups is 1. The minimum atomic E-state index is -0.479. The molecule has 0 radical (unpaired) electrons. The zero-order chi connectivity index (χ0) is 11.9. The van der Waals surface area contributed by atoms with Crippen molar-refractivity contribution in [1.82, 2.24) is 10.2 Å². The molecule has 1 amide bonds. The van der Waals surface area contributed by atoms with E-state index in [1.54, 1.807) is 0 Å². The molecule has 1 saturated carbocycles. The van der Waals surface area contributed by atoms with Crippen LogP contribution >= 0.6 is 0 Å². The fourth-order valence-corrected chi connectivity index (χ4v) is 3.81. The summed E-state index contributed by atoms with van der Waals surface area (Å²) in [5.74, 6) is 0.395. The topological polar surface area (TPSA) is 52.6 Å². The van der Waals surface area contributed by atoms with E-state index in [1.165, 1.54) is 0 Å². The van der Waals surface area contributed by atoms with E-state index >= 15 is 0 Å². The highest BCUT2D eigenvalue weighted by Gasteiger charge is 2.43. The number of hydrogen-bond donors (Lipinski definition) is 2. The van der Waals surface area contributed by atoms with Crippen LogP contribution in [0.5, 0.6) is 0 Å². The second kappa shape index (κ2) is 4.25. The smallest absolute Gasteiger partial charge is 0.224 e. The number of amides is 1. The Morgan fingerprint density at radius 1 is 1.35 bits per heavy atom. The standard InChI is InChI=1S/C13H22N2O2/c16-12-10-4-3-7-15(11(10)8-14-12)9-13(17)5-1-2-6-13/h10-11,17H,1-9H2,(H,14,16). The minimum Gasteiger partial charge on any atom is -0.389 e. The molecule has 3 rings (SSSR count). The number of carbonyl (C=O) groups excluding carboxylic acids is 1. The Hall–Kier alpha value is -0.610. The summed E-state index contributed by atoms with van der Waals surface area (Å²) in [4.78, 5) is 14.0. The maximum atomic E-state index is 11.7. The van der Waals surface area contributed by atoms with Crippen molar-refractivity contribution < 1.29 is 9.90 Å². The molecule has 0 spiro atoms. The van der Waals surface area contributed by atoms with Gasteiger partial charge in [0.15, 0.2) is 0 Å². The van der Waals surface area contributed by atoms with Gasteiger partial charge in [0.25, 0.3) is 0 Å². The van der Waals surface area contributed by atoms with Gasteiger partial charge in [0.05, 0.1) is 11.5 Å². The van der Waals surface area contributed by atoms with Crippen LogP contribution in [0.2, 0.25) is 0 Å². The Bertz CT molecular complexity index is 313. The predicted octanol–water partition coefficient (Wildman–Crippen LogP) is 0.502. The summed E-state index contributed by atoms with van der Waals surface area (Å²) in [6, 6.07) is 0.334. The molecule has 1 aliphatic carbocycles. The highest BCUT2D eigenvalue weighted by Crippen LogP contribution is 2.34. The van der Waals surface area contributed by atoms with Crippen LogP contribution in [0.3, 0.4) is 0 Å². The van der Waals surface area contributed by atoms with Crippen molar-refractivity contribution in [3.8, 4) is 0 Å². The first-order chi connectivity index (χ1) is 8.18. The Balaban J connectivity index is 1.68. The molecule has 2 heterocycles. The first kappa shape index (κ1) is 11.5. The number of piperidine rings is 1. The molecule has 0 bridgehead atoms. The molecule has 3 fully saturated rings. The number of fused-ring (bicyclic) bond motifs is 1. The molecule has 2 saturated heterocycles. The van der Waals surface area contributed by atoms with Crippen LogP contribution in [0, 0.1) is 5.92 Å². The fourth-order valence-electron chi connectivity index (χ4n) is 3.81. The number of β-amino-alcohol motifs (C(OH)–C–C–N with tert-alkyl or cyclic N) is 1. The van der Waals surface area contributed by atoms with Gasteiger partial charge in [-0.3, -0.25) is 9.69 Å². The zero-order valence-electron chi connectivity index (χ0n) is 10.3. The average Bonchev–Trinajstić information content (AvgIpc) is 2.88. The fraction of sp³-hybridized carbons (Fsp3) is 0.923. The summed E-state index contributed by atoms with van der Waals surface area (Å²) < 4.78 is 0. The van der Waals surface area contributed by atoms with Gasteiger partial charge >= 0.3 is 0 Å². The van der Waals surface area contributed by atoms with Crippen LogP contribution in [0.4, 0.5) is 0 Å². The van der Waals surface area contributed by atoms with Gasteiger partial charge in [0, 0.05) is 19.1 Å². The highest BCUT2D eigenvalue weighted by atomic mass is 16.3. The van der Waals surface area contributed by atoms with Gasteiger partial charge in [-0.05, 0) is 32.2 Å². The Morgan fingerprint density at radius 3 is 2.88 bits per heavy atom. The van der Waals surface area contributed by atoms with Crippen molar-refractivity contribution in [2.45, 2.75) is 50.2 Å². The molecule has 0 aromatic rings. The van der Waals surface area contributed by atoms with Gasteiger partial charge in [-0.15, -0.1) is 0 Å². The lowest BCUT2D eigenvalue weighted by molar-refractivity contribution is -0.124. The lowest BCUT2D eigenvalue weighted by Gasteiger charge is -2.40. The molecule has 2 aliphatic heterocycles. The van der Waals surface area contributed by atoms with E-state index in [0.717, 1.165) is 58.2 Å². The Morgan fingerprint density at radius 2 is 2.12 bits per heavy atom. The SMILES string of the molecule is O=C1NCC2C1CCCN2CC1(O)CCCC1. The number of likely N-dealkylation sites (tertiary alicyclic amines) is 1. The lowest BCUT2D eigenvalue weighted by Crippen LogP contribution is -2.51. The number of aliphatic hydroxyl groups is 1. The number of rotatable bonds is 2. The summed E-state index contributed by atoms with van der Waals surface area (Å²) in [6.45, 7) is 2.58. The highest BCUT2D eigenvalue weighted by molar-refractivity contribution is 5.82. The maximum absolute atomic E-state index is 11.7. The molecular weight excluding hydrogens is 216 g/mol. The normalized spacial score (nSPS) is 36.9. The molecule has 17 heavy (non-hydrogen) atoms. The van der Waals surface area contributed by atoms with Crippen LogP contribution in [0.1, 0.15) is 38.5 Å². The first-order valence-electron chi connectivity index (χ1n) is 6.92. The quantitative estimate of drug-likeness (QED) is 0.736. The Kier molecular flexibility index (Phi) is 2.87. The van der Waals surface area contributed by atoms with E-state index in [4.69, 9.17) is 0 Å². The second-order valence-electron chi connectivity index (χ2n) is 5.96. The van der Waals surface area contributed by atoms with E-state index in [2.05, 4.69) is 10.2 Å². The number of nitrogens with one attached hydrogen (secondary N) is 1. The summed E-state index contributed by atoms with van der Waals surface area (Å²) in [6.07, 6.45) is 6.27. The molecule has 2 unspecified atom stereocenters. The van der Waals surface area contributed by atoms with Gasteiger partial charge < -0.3 is 10.4 Å². The molecule has 2 atom stereocenters. The largest absolute Gasteiger partial charge is 0.389 e. The van der Waals surface area contributed by atoms with Gasteiger partial charge in [-0.1, -0.05) is 12.8 Å². The minimum absolute atomic E-state index is 0.175. The van der Waals surface area contributed by atoms with E-state index < -0.39 is 5.60 Å². The van der Waals surface area contributed by atoms with Crippen molar-refractivity contribution >= 4 is 5.91 Å². The van der Waals surface area contributed by atoms with E-state index in [1.807, 2.05) is 0 Å².